The van der Waals surface area contributed by atoms with Crippen LogP contribution in [0.3, 0.4) is 0 Å². The summed E-state index contributed by atoms with van der Waals surface area (Å²) in [4.78, 5) is 17.0. The van der Waals surface area contributed by atoms with E-state index in [0.29, 0.717) is 12.1 Å². The summed E-state index contributed by atoms with van der Waals surface area (Å²) in [5.41, 5.74) is 4.98. The van der Waals surface area contributed by atoms with E-state index in [1.807, 2.05) is 24.3 Å². The number of fused-ring (bicyclic) bond motifs is 1. The van der Waals surface area contributed by atoms with Crippen molar-refractivity contribution in [2.75, 3.05) is 0 Å². The highest BCUT2D eigenvalue weighted by molar-refractivity contribution is 5.99. The lowest BCUT2D eigenvalue weighted by molar-refractivity contribution is 0.0950. The van der Waals surface area contributed by atoms with E-state index in [1.54, 1.807) is 12.4 Å². The Kier molecular flexibility index (Phi) is 4.29. The van der Waals surface area contributed by atoms with Gasteiger partial charge in [0.1, 0.15) is 0 Å². The summed E-state index contributed by atoms with van der Waals surface area (Å²) in [6, 6.07) is 9.94. The number of hydrogen-bond acceptors (Lipinski definition) is 3. The van der Waals surface area contributed by atoms with Crippen molar-refractivity contribution in [1.82, 2.24) is 20.5 Å². The van der Waals surface area contributed by atoms with Gasteiger partial charge >= 0.3 is 0 Å². The second-order valence-electron chi connectivity index (χ2n) is 6.34. The number of allylic oxidation sites excluding steroid dienone is 2. The van der Waals surface area contributed by atoms with Crippen molar-refractivity contribution in [2.24, 2.45) is 0 Å². The first-order valence-corrected chi connectivity index (χ1v) is 8.66. The first-order chi connectivity index (χ1) is 12.3. The van der Waals surface area contributed by atoms with Crippen molar-refractivity contribution in [1.29, 1.82) is 0 Å². The number of nitrogens with one attached hydrogen (secondary N) is 2. The topological polar surface area (TPSA) is 70.7 Å². The lowest BCUT2D eigenvalue weighted by Crippen LogP contribution is -2.23. The van der Waals surface area contributed by atoms with Crippen LogP contribution in [0.15, 0.2) is 48.8 Å². The number of aromatic amines is 1. The predicted molar refractivity (Wildman–Crippen MR) is 97.9 cm³/mol. The largest absolute Gasteiger partial charge is 0.346 e. The Morgan fingerprint density at radius 1 is 1.24 bits per heavy atom. The lowest BCUT2D eigenvalue weighted by Gasteiger charge is -2.15. The summed E-state index contributed by atoms with van der Waals surface area (Å²) in [6.07, 6.45) is 10.4. The number of H-pyrrole nitrogens is 1. The zero-order chi connectivity index (χ0) is 17.1. The summed E-state index contributed by atoms with van der Waals surface area (Å²) in [7, 11) is 0. The van der Waals surface area contributed by atoms with Crippen molar-refractivity contribution >= 4 is 22.4 Å². The number of aromatic nitrogens is 3. The molecule has 0 radical (unpaired) electrons. The molecule has 0 unspecified atom stereocenters. The zero-order valence-electron chi connectivity index (χ0n) is 14.0. The zero-order valence-corrected chi connectivity index (χ0v) is 14.0. The maximum atomic E-state index is 12.4. The molecule has 0 saturated carbocycles. The van der Waals surface area contributed by atoms with Gasteiger partial charge in [-0.25, -0.2) is 0 Å². The third-order valence-corrected chi connectivity index (χ3v) is 4.61. The number of carbonyl (C=O) groups excluding carboxylic acids is 1. The number of para-hydroxylation sites is 1. The van der Waals surface area contributed by atoms with Crippen molar-refractivity contribution in [3.63, 3.8) is 0 Å². The first-order valence-electron chi connectivity index (χ1n) is 8.66. The molecule has 0 aliphatic heterocycles. The number of rotatable bonds is 4. The molecule has 5 heteroatoms. The third-order valence-electron chi connectivity index (χ3n) is 4.61. The number of benzene rings is 1. The number of carbonyl (C=O) groups is 1. The molecular formula is C20H20N4O. The summed E-state index contributed by atoms with van der Waals surface area (Å²) in [6.45, 7) is 0.420. The SMILES string of the molecule is O=C(NCc1ccn[nH]1)c1cnc2c(C3=CCCCC3)cccc2c1. The van der Waals surface area contributed by atoms with E-state index in [-0.39, 0.29) is 5.91 Å². The molecule has 0 bridgehead atoms. The van der Waals surface area contributed by atoms with Crippen LogP contribution in [-0.2, 0) is 6.54 Å². The Bertz CT molecular complexity index is 928. The van der Waals surface area contributed by atoms with E-state index >= 15 is 0 Å². The molecule has 3 aromatic rings. The molecule has 5 nitrogen and oxygen atoms in total. The van der Waals surface area contributed by atoms with Crippen LogP contribution in [0.1, 0.15) is 47.3 Å². The van der Waals surface area contributed by atoms with Crippen LogP contribution in [-0.4, -0.2) is 21.1 Å². The first kappa shape index (κ1) is 15.6. The molecule has 2 aromatic heterocycles. The average molecular weight is 332 g/mol. The van der Waals surface area contributed by atoms with Gasteiger partial charge in [-0.3, -0.25) is 14.9 Å². The lowest BCUT2D eigenvalue weighted by atomic mass is 9.92. The smallest absolute Gasteiger partial charge is 0.253 e. The molecule has 1 aliphatic carbocycles. The van der Waals surface area contributed by atoms with E-state index in [9.17, 15) is 4.79 Å². The van der Waals surface area contributed by atoms with Crippen molar-refractivity contribution in [2.45, 2.75) is 32.2 Å². The van der Waals surface area contributed by atoms with Crippen LogP contribution in [0.25, 0.3) is 16.5 Å². The Balaban J connectivity index is 1.60. The van der Waals surface area contributed by atoms with Crippen LogP contribution in [0.4, 0.5) is 0 Å². The fourth-order valence-corrected chi connectivity index (χ4v) is 3.29. The van der Waals surface area contributed by atoms with Crippen LogP contribution in [0, 0.1) is 0 Å². The van der Waals surface area contributed by atoms with Gasteiger partial charge in [0.15, 0.2) is 0 Å². The van der Waals surface area contributed by atoms with Gasteiger partial charge in [-0.1, -0.05) is 24.3 Å². The van der Waals surface area contributed by atoms with Crippen molar-refractivity contribution < 1.29 is 4.79 Å². The quantitative estimate of drug-likeness (QED) is 0.762. The van der Waals surface area contributed by atoms with E-state index in [2.05, 4.69) is 32.6 Å². The second-order valence-corrected chi connectivity index (χ2v) is 6.34. The Labute approximate surface area is 146 Å². The molecule has 126 valence electrons. The fraction of sp³-hybridized carbons (Fsp3) is 0.250. The highest BCUT2D eigenvalue weighted by Crippen LogP contribution is 2.31. The average Bonchev–Trinajstić information content (AvgIpc) is 3.19. The molecule has 0 atom stereocenters. The Morgan fingerprint density at radius 3 is 3.00 bits per heavy atom. The van der Waals surface area contributed by atoms with Crippen LogP contribution < -0.4 is 5.32 Å². The van der Waals surface area contributed by atoms with Crippen LogP contribution in [0.2, 0.25) is 0 Å². The number of nitrogens with zero attached hydrogens (tertiary/aromatic N) is 2. The third kappa shape index (κ3) is 3.31. The fourth-order valence-electron chi connectivity index (χ4n) is 3.29. The van der Waals surface area contributed by atoms with Gasteiger partial charge < -0.3 is 5.32 Å². The predicted octanol–water partition coefficient (Wildman–Crippen LogP) is 3.85. The van der Waals surface area contributed by atoms with Gasteiger partial charge in [-0.05, 0) is 43.4 Å². The molecule has 0 fully saturated rings. The minimum absolute atomic E-state index is 0.133. The molecular weight excluding hydrogens is 312 g/mol. The van der Waals surface area contributed by atoms with Crippen molar-refractivity contribution in [3.05, 3.63) is 65.6 Å². The standard InChI is InChI=1S/C20H20N4O/c25-20(22-13-17-9-10-23-24-17)16-11-15-7-4-8-18(19(15)21-12-16)14-5-2-1-3-6-14/h4-5,7-12H,1-3,6,13H2,(H,22,25)(H,23,24). The normalized spacial score (nSPS) is 14.3. The highest BCUT2D eigenvalue weighted by atomic mass is 16.1. The monoisotopic (exact) mass is 332 g/mol. The summed E-state index contributed by atoms with van der Waals surface area (Å²) >= 11 is 0. The molecule has 2 N–H and O–H groups in total. The van der Waals surface area contributed by atoms with Gasteiger partial charge in [-0.15, -0.1) is 0 Å². The molecule has 1 aromatic carbocycles. The summed E-state index contributed by atoms with van der Waals surface area (Å²) < 4.78 is 0. The van der Waals surface area contributed by atoms with Gasteiger partial charge in [0.25, 0.3) is 5.91 Å². The van der Waals surface area contributed by atoms with E-state index in [0.717, 1.165) is 29.4 Å². The van der Waals surface area contributed by atoms with E-state index in [4.69, 9.17) is 0 Å². The van der Waals surface area contributed by atoms with Gasteiger partial charge in [0.2, 0.25) is 0 Å². The Hall–Kier alpha value is -2.95. The molecule has 1 amide bonds. The molecule has 25 heavy (non-hydrogen) atoms. The van der Waals surface area contributed by atoms with E-state index < -0.39 is 0 Å². The highest BCUT2D eigenvalue weighted by Gasteiger charge is 2.13. The number of pyridine rings is 1. The van der Waals surface area contributed by atoms with Crippen LogP contribution >= 0.6 is 0 Å². The maximum absolute atomic E-state index is 12.4. The molecule has 0 saturated heterocycles. The number of hydrogen-bond donors (Lipinski definition) is 2. The summed E-state index contributed by atoms with van der Waals surface area (Å²) in [5.74, 6) is -0.133. The van der Waals surface area contributed by atoms with Gasteiger partial charge in [0.05, 0.1) is 23.3 Å². The maximum Gasteiger partial charge on any atom is 0.253 e. The van der Waals surface area contributed by atoms with Crippen molar-refractivity contribution in [3.8, 4) is 0 Å². The minimum Gasteiger partial charge on any atom is -0.346 e. The molecule has 4 rings (SSSR count). The van der Waals surface area contributed by atoms with E-state index in [1.165, 1.54) is 24.0 Å². The second kappa shape index (κ2) is 6.89. The number of amides is 1. The van der Waals surface area contributed by atoms with Gasteiger partial charge in [-0.2, -0.15) is 5.10 Å². The minimum atomic E-state index is -0.133. The molecule has 1 aliphatic rings. The van der Waals surface area contributed by atoms with Crippen LogP contribution in [0.5, 0.6) is 0 Å². The molecule has 0 spiro atoms. The molecule has 2 heterocycles. The Morgan fingerprint density at radius 2 is 2.20 bits per heavy atom. The summed E-state index contributed by atoms with van der Waals surface area (Å²) in [5, 5.41) is 10.6. The van der Waals surface area contributed by atoms with Gasteiger partial charge in [0, 0.05) is 23.3 Å².